The molecule has 1 aliphatic carbocycles. The standard InChI is InChI=1S/C15H29N/c1-13-3-5-15(6-4-13)9-12-16-10-7-14(2)8-11-16/h13-15H,3-12H2,1-2H3. The zero-order chi connectivity index (χ0) is 11.4. The molecule has 0 radical (unpaired) electrons. The minimum atomic E-state index is 0.979. The molecule has 1 heteroatoms. The van der Waals surface area contributed by atoms with E-state index < -0.39 is 0 Å². The maximum absolute atomic E-state index is 2.71. The first-order valence-corrected chi connectivity index (χ1v) is 7.46. The first-order chi connectivity index (χ1) is 7.74. The van der Waals surface area contributed by atoms with Gasteiger partial charge in [0.1, 0.15) is 0 Å². The molecule has 0 aromatic carbocycles. The summed E-state index contributed by atoms with van der Waals surface area (Å²) in [6.07, 6.45) is 10.3. The van der Waals surface area contributed by atoms with Gasteiger partial charge >= 0.3 is 0 Å². The van der Waals surface area contributed by atoms with Gasteiger partial charge in [0.05, 0.1) is 0 Å². The minimum Gasteiger partial charge on any atom is -0.303 e. The van der Waals surface area contributed by atoms with E-state index in [-0.39, 0.29) is 0 Å². The Kier molecular flexibility index (Phi) is 4.69. The number of likely N-dealkylation sites (tertiary alicyclic amines) is 1. The molecule has 2 fully saturated rings. The van der Waals surface area contributed by atoms with E-state index in [4.69, 9.17) is 0 Å². The third kappa shape index (κ3) is 3.76. The summed E-state index contributed by atoms with van der Waals surface area (Å²) in [4.78, 5) is 2.71. The van der Waals surface area contributed by atoms with E-state index in [9.17, 15) is 0 Å². The van der Waals surface area contributed by atoms with Crippen LogP contribution in [-0.2, 0) is 0 Å². The molecule has 0 unspecified atom stereocenters. The number of rotatable bonds is 3. The van der Waals surface area contributed by atoms with Gasteiger partial charge in [0.2, 0.25) is 0 Å². The Labute approximate surface area is 102 Å². The van der Waals surface area contributed by atoms with Crippen LogP contribution in [-0.4, -0.2) is 24.5 Å². The van der Waals surface area contributed by atoms with Crippen molar-refractivity contribution in [3.05, 3.63) is 0 Å². The van der Waals surface area contributed by atoms with Crippen molar-refractivity contribution in [2.75, 3.05) is 19.6 Å². The topological polar surface area (TPSA) is 3.24 Å². The van der Waals surface area contributed by atoms with Crippen LogP contribution >= 0.6 is 0 Å². The van der Waals surface area contributed by atoms with Gasteiger partial charge in [-0.3, -0.25) is 0 Å². The summed E-state index contributed by atoms with van der Waals surface area (Å²) in [6.45, 7) is 8.93. The Hall–Kier alpha value is -0.0400. The van der Waals surface area contributed by atoms with Crippen molar-refractivity contribution in [1.29, 1.82) is 0 Å². The summed E-state index contributed by atoms with van der Waals surface area (Å²) in [7, 11) is 0. The van der Waals surface area contributed by atoms with Crippen LogP contribution in [0.5, 0.6) is 0 Å². The van der Waals surface area contributed by atoms with Crippen molar-refractivity contribution < 1.29 is 0 Å². The summed E-state index contributed by atoms with van der Waals surface area (Å²) in [5.41, 5.74) is 0. The van der Waals surface area contributed by atoms with Gasteiger partial charge in [-0.2, -0.15) is 0 Å². The first kappa shape index (κ1) is 12.4. The van der Waals surface area contributed by atoms with E-state index >= 15 is 0 Å². The molecule has 1 saturated carbocycles. The average molecular weight is 223 g/mol. The molecule has 94 valence electrons. The van der Waals surface area contributed by atoms with Crippen LogP contribution in [0, 0.1) is 17.8 Å². The number of nitrogens with zero attached hydrogens (tertiary/aromatic N) is 1. The highest BCUT2D eigenvalue weighted by molar-refractivity contribution is 4.74. The van der Waals surface area contributed by atoms with E-state index in [1.54, 1.807) is 0 Å². The summed E-state index contributed by atoms with van der Waals surface area (Å²) in [6, 6.07) is 0. The first-order valence-electron chi connectivity index (χ1n) is 7.46. The lowest BCUT2D eigenvalue weighted by molar-refractivity contribution is 0.168. The Morgan fingerprint density at radius 2 is 1.38 bits per heavy atom. The van der Waals surface area contributed by atoms with E-state index in [1.807, 2.05) is 0 Å². The van der Waals surface area contributed by atoms with Crippen LogP contribution < -0.4 is 0 Å². The van der Waals surface area contributed by atoms with Crippen LogP contribution in [0.3, 0.4) is 0 Å². The predicted molar refractivity (Wildman–Crippen MR) is 70.6 cm³/mol. The van der Waals surface area contributed by atoms with Crippen LogP contribution in [0.4, 0.5) is 0 Å². The third-order valence-corrected chi connectivity index (χ3v) is 4.87. The maximum atomic E-state index is 2.71. The van der Waals surface area contributed by atoms with Crippen molar-refractivity contribution in [1.82, 2.24) is 4.90 Å². The zero-order valence-electron chi connectivity index (χ0n) is 11.3. The fraction of sp³-hybridized carbons (Fsp3) is 1.00. The quantitative estimate of drug-likeness (QED) is 0.700. The van der Waals surface area contributed by atoms with Crippen LogP contribution in [0.1, 0.15) is 58.8 Å². The summed E-state index contributed by atoms with van der Waals surface area (Å²) in [5.74, 6) is 3.04. The molecule has 2 aliphatic rings. The largest absolute Gasteiger partial charge is 0.303 e. The fourth-order valence-corrected chi connectivity index (χ4v) is 3.27. The SMILES string of the molecule is CC1CCC(CCN2CCC(C)CC2)CC1. The Morgan fingerprint density at radius 1 is 0.812 bits per heavy atom. The molecule has 1 aliphatic heterocycles. The van der Waals surface area contributed by atoms with Gasteiger partial charge in [-0.1, -0.05) is 39.5 Å². The highest BCUT2D eigenvalue weighted by Crippen LogP contribution is 2.30. The maximum Gasteiger partial charge on any atom is -0.00161 e. The van der Waals surface area contributed by atoms with Crippen molar-refractivity contribution in [3.63, 3.8) is 0 Å². The summed E-state index contributed by atoms with van der Waals surface area (Å²) in [5, 5.41) is 0. The zero-order valence-corrected chi connectivity index (χ0v) is 11.3. The van der Waals surface area contributed by atoms with Gasteiger partial charge in [0.15, 0.2) is 0 Å². The lowest BCUT2D eigenvalue weighted by Gasteiger charge is -2.32. The molecule has 0 aromatic heterocycles. The van der Waals surface area contributed by atoms with Crippen molar-refractivity contribution >= 4 is 0 Å². The molecule has 1 heterocycles. The molecule has 0 N–H and O–H groups in total. The molecule has 0 amide bonds. The van der Waals surface area contributed by atoms with Crippen LogP contribution in [0.2, 0.25) is 0 Å². The molecule has 1 saturated heterocycles. The Morgan fingerprint density at radius 3 is 2.00 bits per heavy atom. The summed E-state index contributed by atoms with van der Waals surface area (Å²) >= 11 is 0. The second kappa shape index (κ2) is 6.05. The van der Waals surface area contributed by atoms with Crippen LogP contribution in [0.15, 0.2) is 0 Å². The number of hydrogen-bond donors (Lipinski definition) is 0. The lowest BCUT2D eigenvalue weighted by Crippen LogP contribution is -2.34. The number of piperidine rings is 1. The number of hydrogen-bond acceptors (Lipinski definition) is 1. The van der Waals surface area contributed by atoms with Gasteiger partial charge in [0, 0.05) is 0 Å². The smallest absolute Gasteiger partial charge is 0.00161 e. The predicted octanol–water partition coefficient (Wildman–Crippen LogP) is 3.93. The molecular formula is C15H29N. The van der Waals surface area contributed by atoms with Crippen molar-refractivity contribution in [2.45, 2.75) is 58.8 Å². The Bertz CT molecular complexity index is 164. The molecule has 2 rings (SSSR count). The molecular weight excluding hydrogens is 194 g/mol. The molecule has 16 heavy (non-hydrogen) atoms. The second-order valence-corrected chi connectivity index (χ2v) is 6.44. The molecule has 0 atom stereocenters. The normalized spacial score (nSPS) is 34.1. The minimum absolute atomic E-state index is 0.979. The Balaban J connectivity index is 1.60. The van der Waals surface area contributed by atoms with Crippen LogP contribution in [0.25, 0.3) is 0 Å². The van der Waals surface area contributed by atoms with E-state index in [2.05, 4.69) is 18.7 Å². The van der Waals surface area contributed by atoms with Gasteiger partial charge in [0.25, 0.3) is 0 Å². The van der Waals surface area contributed by atoms with Gasteiger partial charge < -0.3 is 4.90 Å². The van der Waals surface area contributed by atoms with Gasteiger partial charge in [-0.15, -0.1) is 0 Å². The van der Waals surface area contributed by atoms with Gasteiger partial charge in [-0.05, 0) is 56.7 Å². The van der Waals surface area contributed by atoms with E-state index in [0.717, 1.165) is 17.8 Å². The highest BCUT2D eigenvalue weighted by Gasteiger charge is 2.20. The van der Waals surface area contributed by atoms with Crippen molar-refractivity contribution in [3.8, 4) is 0 Å². The third-order valence-electron chi connectivity index (χ3n) is 4.87. The lowest BCUT2D eigenvalue weighted by atomic mass is 9.81. The van der Waals surface area contributed by atoms with E-state index in [0.29, 0.717) is 0 Å². The van der Waals surface area contributed by atoms with Gasteiger partial charge in [-0.25, -0.2) is 0 Å². The summed E-state index contributed by atoms with van der Waals surface area (Å²) < 4.78 is 0. The average Bonchev–Trinajstić information content (AvgIpc) is 2.30. The van der Waals surface area contributed by atoms with E-state index in [1.165, 1.54) is 64.6 Å². The highest BCUT2D eigenvalue weighted by atomic mass is 15.1. The van der Waals surface area contributed by atoms with Crippen molar-refractivity contribution in [2.24, 2.45) is 17.8 Å². The second-order valence-electron chi connectivity index (χ2n) is 6.44. The molecule has 0 bridgehead atoms. The monoisotopic (exact) mass is 223 g/mol. The fourth-order valence-electron chi connectivity index (χ4n) is 3.27. The molecule has 0 spiro atoms. The molecule has 0 aromatic rings. The molecule has 1 nitrogen and oxygen atoms in total.